The molecule has 0 bridgehead atoms. The molecule has 2 aromatic rings. The van der Waals surface area contributed by atoms with Crippen LogP contribution in [-0.4, -0.2) is 47.3 Å². The van der Waals surface area contributed by atoms with Gasteiger partial charge in [0.05, 0.1) is 22.0 Å². The number of hydrogen-bond acceptors (Lipinski definition) is 5. The second kappa shape index (κ2) is 5.87. The van der Waals surface area contributed by atoms with Gasteiger partial charge in [-0.1, -0.05) is 13.0 Å². The summed E-state index contributed by atoms with van der Waals surface area (Å²) in [5, 5.41) is 3.44. The van der Waals surface area contributed by atoms with Crippen LogP contribution in [0.5, 0.6) is 0 Å². The van der Waals surface area contributed by atoms with Crippen LogP contribution in [0, 0.1) is 0 Å². The van der Waals surface area contributed by atoms with E-state index in [4.69, 9.17) is 0 Å². The van der Waals surface area contributed by atoms with Crippen molar-refractivity contribution in [2.24, 2.45) is 0 Å². The van der Waals surface area contributed by atoms with E-state index in [1.807, 2.05) is 0 Å². The van der Waals surface area contributed by atoms with Gasteiger partial charge in [0.25, 0.3) is 0 Å². The molecule has 0 atom stereocenters. The molecule has 2 aromatic heterocycles. The van der Waals surface area contributed by atoms with Crippen LogP contribution in [-0.2, 0) is 16.0 Å². The zero-order valence-corrected chi connectivity index (χ0v) is 14.3. The Morgan fingerprint density at radius 1 is 1.32 bits per heavy atom. The Bertz CT molecular complexity index is 990. The summed E-state index contributed by atoms with van der Waals surface area (Å²) in [6.07, 6.45) is -0.0147. The Hall–Kier alpha value is -2.36. The van der Waals surface area contributed by atoms with Crippen molar-refractivity contribution in [1.29, 1.82) is 0 Å². The largest absolute Gasteiger partial charge is 0.435 e. The van der Waals surface area contributed by atoms with Crippen molar-refractivity contribution in [3.05, 3.63) is 46.8 Å². The minimum atomic E-state index is -4.58. The first-order valence-corrected chi connectivity index (χ1v) is 9.07. The molecular formula is C15H15F3N4O2S. The van der Waals surface area contributed by atoms with Gasteiger partial charge in [-0.3, -0.25) is 0 Å². The lowest BCUT2D eigenvalue weighted by Crippen LogP contribution is -2.25. The van der Waals surface area contributed by atoms with Gasteiger partial charge < -0.3 is 4.90 Å². The van der Waals surface area contributed by atoms with Gasteiger partial charge in [0.1, 0.15) is 0 Å². The number of aromatic nitrogens is 3. The van der Waals surface area contributed by atoms with E-state index in [-0.39, 0.29) is 22.0 Å². The number of nitrogens with zero attached hydrogens (tertiary/aromatic N) is 4. The molecule has 0 saturated carbocycles. The molecule has 0 aromatic carbocycles. The van der Waals surface area contributed by atoms with E-state index < -0.39 is 21.7 Å². The monoisotopic (exact) mass is 372 g/mol. The third-order valence-electron chi connectivity index (χ3n) is 3.84. The number of sulfone groups is 1. The van der Waals surface area contributed by atoms with Crippen LogP contribution in [0.4, 0.5) is 13.2 Å². The van der Waals surface area contributed by atoms with Crippen LogP contribution in [0.1, 0.15) is 18.3 Å². The maximum Gasteiger partial charge on any atom is 0.435 e. The Morgan fingerprint density at radius 3 is 2.68 bits per heavy atom. The number of hydrogen-bond donors (Lipinski definition) is 0. The Morgan fingerprint density at radius 2 is 2.04 bits per heavy atom. The molecule has 10 heteroatoms. The molecule has 6 nitrogen and oxygen atoms in total. The molecule has 0 saturated heterocycles. The predicted molar refractivity (Wildman–Crippen MR) is 86.1 cm³/mol. The van der Waals surface area contributed by atoms with E-state index in [1.165, 1.54) is 25.3 Å². The number of alkyl halides is 3. The van der Waals surface area contributed by atoms with Crippen molar-refractivity contribution in [1.82, 2.24) is 19.5 Å². The van der Waals surface area contributed by atoms with Crippen molar-refractivity contribution >= 4 is 21.2 Å². The zero-order valence-electron chi connectivity index (χ0n) is 13.4. The molecule has 0 aliphatic carbocycles. The molecule has 134 valence electrons. The summed E-state index contributed by atoms with van der Waals surface area (Å²) in [4.78, 5) is 5.99. The van der Waals surface area contributed by atoms with Crippen molar-refractivity contribution < 1.29 is 21.6 Å². The molecule has 0 unspecified atom stereocenters. The highest BCUT2D eigenvalue weighted by molar-refractivity contribution is 7.95. The van der Waals surface area contributed by atoms with E-state index in [1.54, 1.807) is 18.0 Å². The van der Waals surface area contributed by atoms with Crippen molar-refractivity contribution in [3.63, 3.8) is 0 Å². The minimum absolute atomic E-state index is 0.00600. The average molecular weight is 372 g/mol. The maximum atomic E-state index is 12.8. The molecule has 3 rings (SSSR count). The van der Waals surface area contributed by atoms with Crippen molar-refractivity contribution in [2.75, 3.05) is 19.3 Å². The van der Waals surface area contributed by atoms with Gasteiger partial charge in [0.15, 0.2) is 21.2 Å². The molecule has 0 fully saturated rings. The molecule has 1 aliphatic rings. The molecule has 0 spiro atoms. The molecule has 0 amide bonds. The highest BCUT2D eigenvalue weighted by Crippen LogP contribution is 2.31. The number of halogens is 3. The topological polar surface area (TPSA) is 67.6 Å². The molecule has 0 radical (unpaired) electrons. The van der Waals surface area contributed by atoms with Gasteiger partial charge in [-0.25, -0.2) is 17.9 Å². The number of likely N-dealkylation sites (N-methyl/N-ethyl adjacent to an activating group) is 1. The summed E-state index contributed by atoms with van der Waals surface area (Å²) in [6.45, 7) is 2.00. The first-order chi connectivity index (χ1) is 11.6. The lowest BCUT2D eigenvalue weighted by molar-refractivity contribution is -0.141. The molecular weight excluding hydrogens is 357 g/mol. The fourth-order valence-electron chi connectivity index (χ4n) is 2.55. The maximum absolute atomic E-state index is 12.8. The van der Waals surface area contributed by atoms with Crippen LogP contribution < -0.4 is 0 Å². The second-order valence-corrected chi connectivity index (χ2v) is 7.79. The summed E-state index contributed by atoms with van der Waals surface area (Å²) in [7, 11) is -1.81. The first-order valence-electron chi connectivity index (χ1n) is 7.42. The normalized spacial score (nSPS) is 16.1. The molecule has 1 aliphatic heterocycles. The standard InChI is InChI=1S/C15H15F3N4O2S/c1-3-25(23,24)11-5-4-7-21(2)14(11)10-6-8-22-13(19-10)9-12(20-22)15(16,17)18/h4-6,8-9H,3,7H2,1-2H3. The SMILES string of the molecule is CCS(=O)(=O)C1=C(c2ccn3nc(C(F)(F)F)cc3n2)N(C)CC=C1. The van der Waals surface area contributed by atoms with Crippen molar-refractivity contribution in [2.45, 2.75) is 13.1 Å². The predicted octanol–water partition coefficient (Wildman–Crippen LogP) is 2.35. The minimum Gasteiger partial charge on any atom is -0.368 e. The molecule has 0 N–H and O–H groups in total. The molecule has 25 heavy (non-hydrogen) atoms. The van der Waals surface area contributed by atoms with Crippen LogP contribution in [0.25, 0.3) is 11.3 Å². The first kappa shape index (κ1) is 17.5. The summed E-state index contributed by atoms with van der Waals surface area (Å²) in [5.74, 6) is -0.0861. The Balaban J connectivity index is 2.20. The van der Waals surface area contributed by atoms with Gasteiger partial charge in [-0.05, 0) is 12.1 Å². The van der Waals surface area contributed by atoms with E-state index in [0.717, 1.165) is 10.6 Å². The number of fused-ring (bicyclic) bond motifs is 1. The van der Waals surface area contributed by atoms with E-state index in [2.05, 4.69) is 10.1 Å². The smallest absolute Gasteiger partial charge is 0.368 e. The van der Waals surface area contributed by atoms with Crippen molar-refractivity contribution in [3.8, 4) is 0 Å². The quantitative estimate of drug-likeness (QED) is 0.827. The molecule has 3 heterocycles. The van der Waals surface area contributed by atoms with Crippen LogP contribution in [0.2, 0.25) is 0 Å². The fraction of sp³-hybridized carbons (Fsp3) is 0.333. The summed E-state index contributed by atoms with van der Waals surface area (Å²) < 4.78 is 64.1. The highest BCUT2D eigenvalue weighted by atomic mass is 32.2. The lowest BCUT2D eigenvalue weighted by Gasteiger charge is -2.26. The summed E-state index contributed by atoms with van der Waals surface area (Å²) in [5.41, 5.74) is -0.417. The summed E-state index contributed by atoms with van der Waals surface area (Å²) in [6, 6.07) is 2.28. The van der Waals surface area contributed by atoms with E-state index in [0.29, 0.717) is 12.2 Å². The number of allylic oxidation sites excluding steroid dienone is 1. The van der Waals surface area contributed by atoms with Crippen LogP contribution in [0.3, 0.4) is 0 Å². The average Bonchev–Trinajstić information content (AvgIpc) is 2.98. The fourth-order valence-corrected chi connectivity index (χ4v) is 3.72. The number of rotatable bonds is 3. The third-order valence-corrected chi connectivity index (χ3v) is 5.60. The van der Waals surface area contributed by atoms with E-state index in [9.17, 15) is 21.6 Å². The van der Waals surface area contributed by atoms with Gasteiger partial charge in [-0.2, -0.15) is 18.3 Å². The van der Waals surface area contributed by atoms with Crippen LogP contribution in [0.15, 0.2) is 35.4 Å². The Kier molecular flexibility index (Phi) is 4.10. The lowest BCUT2D eigenvalue weighted by atomic mass is 10.2. The Labute approximate surface area is 142 Å². The van der Waals surface area contributed by atoms with Crippen LogP contribution >= 0.6 is 0 Å². The summed E-state index contributed by atoms with van der Waals surface area (Å²) >= 11 is 0. The second-order valence-electron chi connectivity index (χ2n) is 5.54. The van der Waals surface area contributed by atoms with Gasteiger partial charge in [0, 0.05) is 25.9 Å². The zero-order chi connectivity index (χ0) is 18.4. The highest BCUT2D eigenvalue weighted by Gasteiger charge is 2.34. The van der Waals surface area contributed by atoms with Gasteiger partial charge in [0.2, 0.25) is 0 Å². The van der Waals surface area contributed by atoms with Gasteiger partial charge >= 0.3 is 6.18 Å². The third kappa shape index (κ3) is 3.13. The van der Waals surface area contributed by atoms with E-state index >= 15 is 0 Å². The van der Waals surface area contributed by atoms with Gasteiger partial charge in [-0.15, -0.1) is 0 Å².